The van der Waals surface area contributed by atoms with Gasteiger partial charge in [-0.05, 0) is 36.4 Å². The van der Waals surface area contributed by atoms with E-state index in [4.69, 9.17) is 11.3 Å². The molecule has 0 aliphatic carbocycles. The molecule has 0 bridgehead atoms. The summed E-state index contributed by atoms with van der Waals surface area (Å²) in [7, 11) is 0. The molecule has 0 radical (unpaired) electrons. The van der Waals surface area contributed by atoms with Gasteiger partial charge < -0.3 is 5.73 Å². The minimum Gasteiger partial charge on any atom is -0.399 e. The third-order valence-corrected chi connectivity index (χ3v) is 2.54. The molecule has 96 valence electrons. The Hall–Kier alpha value is -2.96. The summed E-state index contributed by atoms with van der Waals surface area (Å²) in [5.74, 6) is 0. The van der Waals surface area contributed by atoms with Crippen LogP contribution in [0.2, 0.25) is 0 Å². The lowest BCUT2D eigenvalue weighted by atomic mass is 10.2. The van der Waals surface area contributed by atoms with Gasteiger partial charge in [-0.1, -0.05) is 5.22 Å². The van der Waals surface area contributed by atoms with E-state index in [2.05, 4.69) is 5.22 Å². The van der Waals surface area contributed by atoms with Crippen LogP contribution in [0.3, 0.4) is 0 Å². The zero-order valence-corrected chi connectivity index (χ0v) is 9.85. The fourth-order valence-electron chi connectivity index (χ4n) is 1.60. The second-order valence-electron chi connectivity index (χ2n) is 3.78. The van der Waals surface area contributed by atoms with Gasteiger partial charge in [0.1, 0.15) is 0 Å². The molecule has 0 aromatic heterocycles. The van der Waals surface area contributed by atoms with Gasteiger partial charge in [0.2, 0.25) is 0 Å². The van der Waals surface area contributed by atoms with Crippen LogP contribution in [0.1, 0.15) is 0 Å². The molecule has 0 amide bonds. The SMILES string of the molecule is N=NN(c1ccc(N)cc1)c1ccc([N+](=O)[O-])cc1. The number of nitro benzene ring substituents is 1. The summed E-state index contributed by atoms with van der Waals surface area (Å²) in [5.41, 5.74) is 14.6. The van der Waals surface area contributed by atoms with Gasteiger partial charge in [0.05, 0.1) is 16.3 Å². The van der Waals surface area contributed by atoms with Crippen LogP contribution in [-0.2, 0) is 0 Å². The van der Waals surface area contributed by atoms with Crippen LogP contribution in [0.5, 0.6) is 0 Å². The zero-order valence-electron chi connectivity index (χ0n) is 9.85. The maximum absolute atomic E-state index is 10.6. The quantitative estimate of drug-likeness (QED) is 0.379. The van der Waals surface area contributed by atoms with E-state index in [0.717, 1.165) is 0 Å². The second-order valence-corrected chi connectivity index (χ2v) is 3.78. The van der Waals surface area contributed by atoms with E-state index in [9.17, 15) is 10.1 Å². The molecule has 7 heteroatoms. The Morgan fingerprint density at radius 3 is 1.95 bits per heavy atom. The van der Waals surface area contributed by atoms with E-state index in [-0.39, 0.29) is 5.69 Å². The predicted octanol–water partition coefficient (Wildman–Crippen LogP) is 3.26. The van der Waals surface area contributed by atoms with Crippen molar-refractivity contribution in [3.63, 3.8) is 0 Å². The minimum atomic E-state index is -0.477. The molecule has 0 saturated carbocycles. The summed E-state index contributed by atoms with van der Waals surface area (Å²) in [6, 6.07) is 12.6. The van der Waals surface area contributed by atoms with E-state index in [1.807, 2.05) is 0 Å². The first-order chi connectivity index (χ1) is 9.11. The number of benzene rings is 2. The van der Waals surface area contributed by atoms with Gasteiger partial charge in [-0.25, -0.2) is 5.01 Å². The Morgan fingerprint density at radius 1 is 1.05 bits per heavy atom. The molecular weight excluding hydrogens is 246 g/mol. The molecule has 0 atom stereocenters. The lowest BCUT2D eigenvalue weighted by Gasteiger charge is -2.16. The molecule has 0 aliphatic heterocycles. The van der Waals surface area contributed by atoms with Gasteiger partial charge in [0, 0.05) is 17.8 Å². The number of nitrogens with two attached hydrogens (primary N) is 1. The Morgan fingerprint density at radius 2 is 1.53 bits per heavy atom. The van der Waals surface area contributed by atoms with Crippen LogP contribution in [0.15, 0.2) is 53.8 Å². The highest BCUT2D eigenvalue weighted by atomic mass is 16.6. The van der Waals surface area contributed by atoms with Crippen LogP contribution in [-0.4, -0.2) is 4.92 Å². The van der Waals surface area contributed by atoms with Crippen molar-refractivity contribution in [3.8, 4) is 0 Å². The number of non-ortho nitro benzene ring substituents is 1. The van der Waals surface area contributed by atoms with Crippen LogP contribution in [0, 0.1) is 15.6 Å². The summed E-state index contributed by atoms with van der Waals surface area (Å²) >= 11 is 0. The maximum Gasteiger partial charge on any atom is 0.269 e. The molecule has 0 unspecified atom stereocenters. The van der Waals surface area contributed by atoms with E-state index >= 15 is 0 Å². The maximum atomic E-state index is 10.6. The Kier molecular flexibility index (Phi) is 3.37. The van der Waals surface area contributed by atoms with E-state index in [1.165, 1.54) is 29.3 Å². The number of anilines is 3. The van der Waals surface area contributed by atoms with Crippen LogP contribution in [0.4, 0.5) is 22.7 Å². The second kappa shape index (κ2) is 5.13. The number of hydrogen-bond donors (Lipinski definition) is 2. The lowest BCUT2D eigenvalue weighted by molar-refractivity contribution is -0.384. The fraction of sp³-hybridized carbons (Fsp3) is 0. The first kappa shape index (κ1) is 12.5. The van der Waals surface area contributed by atoms with E-state index in [0.29, 0.717) is 17.1 Å². The van der Waals surface area contributed by atoms with Gasteiger partial charge >= 0.3 is 0 Å². The highest BCUT2D eigenvalue weighted by Crippen LogP contribution is 2.27. The van der Waals surface area contributed by atoms with Crippen molar-refractivity contribution in [2.45, 2.75) is 0 Å². The number of rotatable bonds is 4. The molecule has 19 heavy (non-hydrogen) atoms. The average molecular weight is 257 g/mol. The molecular formula is C12H11N5O2. The Balaban J connectivity index is 2.34. The summed E-state index contributed by atoms with van der Waals surface area (Å²) < 4.78 is 0. The largest absolute Gasteiger partial charge is 0.399 e. The van der Waals surface area contributed by atoms with Crippen molar-refractivity contribution in [3.05, 3.63) is 58.6 Å². The van der Waals surface area contributed by atoms with E-state index < -0.39 is 4.92 Å². The first-order valence-corrected chi connectivity index (χ1v) is 5.39. The minimum absolute atomic E-state index is 0.00835. The van der Waals surface area contributed by atoms with Crippen LogP contribution in [0.25, 0.3) is 0 Å². The van der Waals surface area contributed by atoms with E-state index in [1.54, 1.807) is 24.3 Å². The molecule has 0 saturated heterocycles. The zero-order chi connectivity index (χ0) is 13.8. The van der Waals surface area contributed by atoms with Gasteiger partial charge in [-0.15, -0.1) is 0 Å². The molecule has 2 aromatic carbocycles. The molecule has 0 fully saturated rings. The third-order valence-electron chi connectivity index (χ3n) is 2.54. The average Bonchev–Trinajstić information content (AvgIpc) is 2.42. The Labute approximate surface area is 108 Å². The summed E-state index contributed by atoms with van der Waals surface area (Å²) in [4.78, 5) is 10.1. The monoisotopic (exact) mass is 257 g/mol. The highest BCUT2D eigenvalue weighted by molar-refractivity contribution is 5.64. The third kappa shape index (κ3) is 2.65. The smallest absolute Gasteiger partial charge is 0.269 e. The molecule has 2 rings (SSSR count). The highest BCUT2D eigenvalue weighted by Gasteiger charge is 2.10. The van der Waals surface area contributed by atoms with Crippen molar-refractivity contribution in [1.82, 2.24) is 0 Å². The molecule has 0 spiro atoms. The van der Waals surface area contributed by atoms with Crippen molar-refractivity contribution >= 4 is 22.7 Å². The number of hydrogen-bond acceptors (Lipinski definition) is 5. The van der Waals surface area contributed by atoms with Crippen molar-refractivity contribution in [2.75, 3.05) is 10.7 Å². The fourth-order valence-corrected chi connectivity index (χ4v) is 1.60. The lowest BCUT2D eigenvalue weighted by Crippen LogP contribution is -2.07. The first-order valence-electron chi connectivity index (χ1n) is 5.39. The van der Waals surface area contributed by atoms with Gasteiger partial charge in [-0.2, -0.15) is 5.53 Å². The normalized spacial score (nSPS) is 9.89. The van der Waals surface area contributed by atoms with Crippen LogP contribution < -0.4 is 10.7 Å². The van der Waals surface area contributed by atoms with Crippen molar-refractivity contribution in [2.24, 2.45) is 5.22 Å². The number of nitrogen functional groups attached to an aromatic ring is 1. The van der Waals surface area contributed by atoms with Crippen molar-refractivity contribution in [1.29, 1.82) is 5.53 Å². The molecule has 7 nitrogen and oxygen atoms in total. The van der Waals surface area contributed by atoms with Gasteiger partial charge in [0.15, 0.2) is 0 Å². The number of nitrogens with zero attached hydrogens (tertiary/aromatic N) is 3. The Bertz CT molecular complexity index is 595. The summed E-state index contributed by atoms with van der Waals surface area (Å²) in [6.07, 6.45) is 0. The standard InChI is InChI=1S/C12H11N5O2/c13-9-1-3-10(4-2-9)16(15-14)11-5-7-12(8-6-11)17(18)19/h1-8,14H,13H2. The molecule has 0 heterocycles. The topological polar surface area (TPSA) is 109 Å². The molecule has 3 N–H and O–H groups in total. The van der Waals surface area contributed by atoms with Crippen LogP contribution >= 0.6 is 0 Å². The number of nitrogens with one attached hydrogen (secondary N) is 1. The summed E-state index contributed by atoms with van der Waals surface area (Å²) in [6.45, 7) is 0. The summed E-state index contributed by atoms with van der Waals surface area (Å²) in [5, 5.41) is 15.3. The molecule has 0 aliphatic rings. The van der Waals surface area contributed by atoms with Gasteiger partial charge in [-0.3, -0.25) is 10.1 Å². The predicted molar refractivity (Wildman–Crippen MR) is 71.2 cm³/mol. The van der Waals surface area contributed by atoms with Gasteiger partial charge in [0.25, 0.3) is 5.69 Å². The van der Waals surface area contributed by atoms with Crippen molar-refractivity contribution < 1.29 is 4.92 Å². The molecule has 2 aromatic rings. The number of nitro groups is 1.